The zero-order valence-corrected chi connectivity index (χ0v) is 14.0. The number of H-pyrrole nitrogens is 1. The van der Waals surface area contributed by atoms with E-state index in [4.69, 9.17) is 4.74 Å². The minimum atomic E-state index is -0.229. The molecule has 0 saturated heterocycles. The van der Waals surface area contributed by atoms with Crippen LogP contribution in [0.4, 0.5) is 0 Å². The van der Waals surface area contributed by atoms with E-state index in [1.807, 2.05) is 0 Å². The molecule has 0 bridgehead atoms. The number of hydrogen-bond donors (Lipinski definition) is 2. The summed E-state index contributed by atoms with van der Waals surface area (Å²) in [4.78, 5) is 16.9. The van der Waals surface area contributed by atoms with Crippen LogP contribution in [0.3, 0.4) is 0 Å². The van der Waals surface area contributed by atoms with Gasteiger partial charge in [0.2, 0.25) is 5.88 Å². The van der Waals surface area contributed by atoms with E-state index in [2.05, 4.69) is 30.9 Å². The molecule has 0 aliphatic heterocycles. The summed E-state index contributed by atoms with van der Waals surface area (Å²) in [6, 6.07) is 3.16. The molecule has 2 aliphatic carbocycles. The number of amides is 1. The van der Waals surface area contributed by atoms with E-state index in [1.54, 1.807) is 18.3 Å². The number of nitrogens with zero attached hydrogens (tertiary/aromatic N) is 4. The number of aromatic amines is 1. The summed E-state index contributed by atoms with van der Waals surface area (Å²) >= 11 is 0. The number of carbonyl (C=O) groups is 1. The fourth-order valence-corrected chi connectivity index (χ4v) is 3.36. The predicted octanol–water partition coefficient (Wildman–Crippen LogP) is 2.19. The highest BCUT2D eigenvalue weighted by atomic mass is 16.5. The summed E-state index contributed by atoms with van der Waals surface area (Å²) in [6.07, 6.45) is 9.68. The Morgan fingerprint density at radius 3 is 2.80 bits per heavy atom. The highest BCUT2D eigenvalue weighted by molar-refractivity contribution is 5.94. The van der Waals surface area contributed by atoms with Crippen LogP contribution in [0.1, 0.15) is 67.2 Å². The van der Waals surface area contributed by atoms with Crippen molar-refractivity contribution >= 4 is 5.91 Å². The summed E-state index contributed by atoms with van der Waals surface area (Å²) in [7, 11) is 0. The van der Waals surface area contributed by atoms with Gasteiger partial charge >= 0.3 is 0 Å². The average Bonchev–Trinajstić information content (AvgIpc) is 3.30. The Bertz CT molecular complexity index is 710. The van der Waals surface area contributed by atoms with Crippen LogP contribution in [-0.4, -0.2) is 37.6 Å². The Kier molecular flexibility index (Phi) is 4.58. The third-order valence-electron chi connectivity index (χ3n) is 4.86. The van der Waals surface area contributed by atoms with E-state index in [-0.39, 0.29) is 18.1 Å². The molecule has 132 valence electrons. The standard InChI is InChI=1S/C17H22N6O2/c24-17(12-8-9-18-14(10-12)25-13-6-7-13)19-15(16-20-22-23-21-16)11-4-2-1-3-5-11/h8-11,13,15H,1-7H2,(H,19,24)(H,20,21,22,23). The second kappa shape index (κ2) is 7.16. The number of hydrogen-bond acceptors (Lipinski definition) is 6. The monoisotopic (exact) mass is 342 g/mol. The highest BCUT2D eigenvalue weighted by Crippen LogP contribution is 2.33. The lowest BCUT2D eigenvalue weighted by Crippen LogP contribution is -2.35. The molecule has 8 heteroatoms. The number of tetrazole rings is 1. The quantitative estimate of drug-likeness (QED) is 0.833. The molecule has 0 radical (unpaired) electrons. The van der Waals surface area contributed by atoms with E-state index in [9.17, 15) is 4.79 Å². The first-order chi connectivity index (χ1) is 12.3. The lowest BCUT2D eigenvalue weighted by Gasteiger charge is -2.28. The van der Waals surface area contributed by atoms with Gasteiger partial charge in [-0.2, -0.15) is 5.21 Å². The SMILES string of the molecule is O=C(NC(c1nn[nH]n1)C1CCCCC1)c1ccnc(OC2CC2)c1. The molecule has 2 N–H and O–H groups in total. The Balaban J connectivity index is 1.49. The number of nitrogens with one attached hydrogen (secondary N) is 2. The highest BCUT2D eigenvalue weighted by Gasteiger charge is 2.30. The van der Waals surface area contributed by atoms with Gasteiger partial charge in [0.25, 0.3) is 5.91 Å². The molecule has 2 aromatic heterocycles. The molecule has 8 nitrogen and oxygen atoms in total. The third-order valence-corrected chi connectivity index (χ3v) is 4.86. The molecule has 2 aromatic rings. The molecule has 25 heavy (non-hydrogen) atoms. The summed E-state index contributed by atoms with van der Waals surface area (Å²) in [5, 5.41) is 17.4. The molecule has 1 amide bonds. The molecule has 2 saturated carbocycles. The van der Waals surface area contributed by atoms with Crippen molar-refractivity contribution in [1.29, 1.82) is 0 Å². The zero-order chi connectivity index (χ0) is 17.1. The van der Waals surface area contributed by atoms with Crippen LogP contribution in [0.15, 0.2) is 18.3 Å². The van der Waals surface area contributed by atoms with Crippen LogP contribution in [0.5, 0.6) is 5.88 Å². The lowest BCUT2D eigenvalue weighted by molar-refractivity contribution is 0.0908. The fourth-order valence-electron chi connectivity index (χ4n) is 3.36. The van der Waals surface area contributed by atoms with E-state index >= 15 is 0 Å². The molecular formula is C17H22N6O2. The van der Waals surface area contributed by atoms with E-state index < -0.39 is 0 Å². The smallest absolute Gasteiger partial charge is 0.252 e. The van der Waals surface area contributed by atoms with Crippen LogP contribution in [-0.2, 0) is 0 Å². The maximum absolute atomic E-state index is 12.8. The average molecular weight is 342 g/mol. The molecule has 1 atom stereocenters. The van der Waals surface area contributed by atoms with Crippen LogP contribution in [0, 0.1) is 5.92 Å². The van der Waals surface area contributed by atoms with Crippen LogP contribution >= 0.6 is 0 Å². The Morgan fingerprint density at radius 2 is 2.08 bits per heavy atom. The topological polar surface area (TPSA) is 106 Å². The lowest BCUT2D eigenvalue weighted by atomic mass is 9.83. The second-order valence-electron chi connectivity index (χ2n) is 6.82. The summed E-state index contributed by atoms with van der Waals surface area (Å²) in [5.74, 6) is 1.22. The Hall–Kier alpha value is -2.51. The van der Waals surface area contributed by atoms with Gasteiger partial charge in [-0.05, 0) is 37.7 Å². The fraction of sp³-hybridized carbons (Fsp3) is 0.588. The molecule has 4 rings (SSSR count). The Labute approximate surface area is 145 Å². The van der Waals surface area contributed by atoms with Crippen molar-refractivity contribution in [3.05, 3.63) is 29.7 Å². The van der Waals surface area contributed by atoms with Gasteiger partial charge < -0.3 is 10.1 Å². The van der Waals surface area contributed by atoms with Gasteiger partial charge in [0.15, 0.2) is 5.82 Å². The molecular weight excluding hydrogens is 320 g/mol. The van der Waals surface area contributed by atoms with Gasteiger partial charge in [0.05, 0.1) is 6.04 Å². The number of rotatable bonds is 6. The summed E-state index contributed by atoms with van der Waals surface area (Å²) in [5.41, 5.74) is 0.537. The first-order valence-electron chi connectivity index (χ1n) is 8.96. The number of pyridine rings is 1. The zero-order valence-electron chi connectivity index (χ0n) is 14.0. The largest absolute Gasteiger partial charge is 0.474 e. The molecule has 2 heterocycles. The van der Waals surface area contributed by atoms with Crippen molar-refractivity contribution in [2.24, 2.45) is 5.92 Å². The Morgan fingerprint density at radius 1 is 1.24 bits per heavy atom. The molecule has 0 aromatic carbocycles. The minimum Gasteiger partial charge on any atom is -0.474 e. The molecule has 2 fully saturated rings. The van der Waals surface area contributed by atoms with Crippen LogP contribution < -0.4 is 10.1 Å². The summed E-state index contributed by atoms with van der Waals surface area (Å²) < 4.78 is 5.68. The maximum Gasteiger partial charge on any atom is 0.252 e. The second-order valence-corrected chi connectivity index (χ2v) is 6.82. The van der Waals surface area contributed by atoms with Crippen LogP contribution in [0.2, 0.25) is 0 Å². The van der Waals surface area contributed by atoms with Crippen LogP contribution in [0.25, 0.3) is 0 Å². The van der Waals surface area contributed by atoms with Gasteiger partial charge in [0.1, 0.15) is 6.10 Å². The van der Waals surface area contributed by atoms with Gasteiger partial charge in [0, 0.05) is 17.8 Å². The maximum atomic E-state index is 12.8. The first-order valence-corrected chi connectivity index (χ1v) is 8.96. The van der Waals surface area contributed by atoms with E-state index in [1.165, 1.54) is 19.3 Å². The van der Waals surface area contributed by atoms with Gasteiger partial charge in [-0.15, -0.1) is 10.2 Å². The molecule has 2 aliphatic rings. The normalized spacial score (nSPS) is 19.4. The van der Waals surface area contributed by atoms with Gasteiger partial charge in [-0.3, -0.25) is 4.79 Å². The van der Waals surface area contributed by atoms with Gasteiger partial charge in [-0.1, -0.05) is 24.5 Å². The number of ether oxygens (including phenoxy) is 1. The van der Waals surface area contributed by atoms with Crippen molar-refractivity contribution in [1.82, 2.24) is 30.9 Å². The summed E-state index contributed by atoms with van der Waals surface area (Å²) in [6.45, 7) is 0. The minimum absolute atomic E-state index is 0.163. The van der Waals surface area contributed by atoms with E-state index in [0.29, 0.717) is 23.2 Å². The van der Waals surface area contributed by atoms with Crippen molar-refractivity contribution in [3.8, 4) is 5.88 Å². The van der Waals surface area contributed by atoms with Crippen molar-refractivity contribution < 1.29 is 9.53 Å². The number of aromatic nitrogens is 5. The number of carbonyl (C=O) groups excluding carboxylic acids is 1. The molecule has 0 spiro atoms. The predicted molar refractivity (Wildman–Crippen MR) is 88.8 cm³/mol. The van der Waals surface area contributed by atoms with Gasteiger partial charge in [-0.25, -0.2) is 4.98 Å². The van der Waals surface area contributed by atoms with Crippen molar-refractivity contribution in [2.45, 2.75) is 57.1 Å². The van der Waals surface area contributed by atoms with E-state index in [0.717, 1.165) is 25.7 Å². The molecule has 1 unspecified atom stereocenters. The van der Waals surface area contributed by atoms with Crippen molar-refractivity contribution in [2.75, 3.05) is 0 Å². The first kappa shape index (κ1) is 16.0. The van der Waals surface area contributed by atoms with Crippen molar-refractivity contribution in [3.63, 3.8) is 0 Å². The third kappa shape index (κ3) is 3.94.